The summed E-state index contributed by atoms with van der Waals surface area (Å²) in [5.41, 5.74) is 0.464. The van der Waals surface area contributed by atoms with Crippen LogP contribution in [0.3, 0.4) is 0 Å². The molecule has 3 rings (SSSR count). The zero-order valence-electron chi connectivity index (χ0n) is 18.0. The van der Waals surface area contributed by atoms with Crippen LogP contribution in [-0.2, 0) is 18.4 Å². The van der Waals surface area contributed by atoms with E-state index in [1.54, 1.807) is 0 Å². The van der Waals surface area contributed by atoms with Gasteiger partial charge in [0.2, 0.25) is 12.2 Å². The minimum atomic E-state index is 0.0503. The molecule has 2 heterocycles. The molecule has 2 atom stereocenters. The molecule has 0 bridgehead atoms. The number of alkyl halides is 1. The van der Waals surface area contributed by atoms with Crippen LogP contribution in [0.15, 0.2) is 18.7 Å². The van der Waals surface area contributed by atoms with Gasteiger partial charge in [0.25, 0.3) is 0 Å². The van der Waals surface area contributed by atoms with Crippen molar-refractivity contribution in [3.05, 3.63) is 18.7 Å². The molecule has 4 nitrogen and oxygen atoms in total. The first kappa shape index (κ1) is 21.1. The van der Waals surface area contributed by atoms with Gasteiger partial charge in [-0.1, -0.05) is 57.2 Å². The van der Waals surface area contributed by atoms with Crippen molar-refractivity contribution in [1.29, 1.82) is 0 Å². The third-order valence-corrected chi connectivity index (χ3v) is 7.77. The van der Waals surface area contributed by atoms with Crippen LogP contribution in [0, 0.1) is 10.8 Å². The zero-order chi connectivity index (χ0) is 20.1. The van der Waals surface area contributed by atoms with E-state index in [-0.39, 0.29) is 19.8 Å². The van der Waals surface area contributed by atoms with Gasteiger partial charge in [0, 0.05) is 16.4 Å². The molecule has 1 saturated carbocycles. The van der Waals surface area contributed by atoms with Gasteiger partial charge in [-0.3, -0.25) is 4.79 Å². The van der Waals surface area contributed by atoms with Crippen LogP contribution in [0.1, 0.15) is 73.1 Å². The molecule has 0 aromatic carbocycles. The lowest BCUT2D eigenvalue weighted by atomic mass is 9.69. The molecule has 0 spiro atoms. The Bertz CT molecular complexity index is 705. The molecule has 2 unspecified atom stereocenters. The number of hydrogen-bond donors (Lipinski definition) is 0. The van der Waals surface area contributed by atoms with Crippen molar-refractivity contribution in [2.75, 3.05) is 6.54 Å². The standard InChI is InChI=1S/C22H37IN3O/c1-19(2,10-8-11-25-14-13-24(6)17-25)21(5)16-22(21,15-20(3,4)23)26-12-7-9-18(26)27/h13-14,17H,7-12,15-16H2,1-6H3/q+1. The Hall–Kier alpha value is -0.590. The highest BCUT2D eigenvalue weighted by atomic mass is 127. The van der Waals surface area contributed by atoms with Gasteiger partial charge in [-0.15, -0.1) is 0 Å². The van der Waals surface area contributed by atoms with Crippen molar-refractivity contribution in [2.24, 2.45) is 17.9 Å². The fourth-order valence-corrected chi connectivity index (χ4v) is 6.20. The highest BCUT2D eigenvalue weighted by Gasteiger charge is 2.73. The van der Waals surface area contributed by atoms with E-state index in [0.29, 0.717) is 5.91 Å². The average molecular weight is 486 g/mol. The quantitative estimate of drug-likeness (QED) is 0.303. The lowest BCUT2D eigenvalue weighted by molar-refractivity contribution is -0.671. The van der Waals surface area contributed by atoms with Crippen LogP contribution >= 0.6 is 22.6 Å². The molecule has 1 amide bonds. The van der Waals surface area contributed by atoms with Crippen molar-refractivity contribution in [2.45, 2.75) is 88.6 Å². The Kier molecular flexibility index (Phi) is 5.50. The largest absolute Gasteiger partial charge is 0.336 e. The maximum atomic E-state index is 12.7. The number of carbonyl (C=O) groups excluding carboxylic acids is 1. The van der Waals surface area contributed by atoms with Crippen LogP contribution < -0.4 is 4.57 Å². The number of nitrogens with zero attached hydrogens (tertiary/aromatic N) is 3. The fourth-order valence-electron chi connectivity index (χ4n) is 5.57. The summed E-state index contributed by atoms with van der Waals surface area (Å²) in [6, 6.07) is 0. The first-order valence-corrected chi connectivity index (χ1v) is 11.5. The molecule has 2 fully saturated rings. The van der Waals surface area contributed by atoms with Crippen LogP contribution in [0.4, 0.5) is 0 Å². The normalized spacial score (nSPS) is 28.9. The number of likely N-dealkylation sites (tertiary alicyclic amines) is 1. The van der Waals surface area contributed by atoms with Crippen molar-refractivity contribution in [3.63, 3.8) is 0 Å². The third-order valence-electron chi connectivity index (χ3n) is 7.39. The number of rotatable bonds is 8. The average Bonchev–Trinajstić information content (AvgIpc) is 2.88. The van der Waals surface area contributed by atoms with Crippen LogP contribution in [0.5, 0.6) is 0 Å². The Morgan fingerprint density at radius 3 is 2.52 bits per heavy atom. The molecule has 1 aromatic heterocycles. The van der Waals surface area contributed by atoms with E-state index >= 15 is 0 Å². The molecule has 1 aliphatic carbocycles. The van der Waals surface area contributed by atoms with Gasteiger partial charge in [0.15, 0.2) is 0 Å². The number of imidazole rings is 1. The number of amides is 1. The van der Waals surface area contributed by atoms with Crippen molar-refractivity contribution in [1.82, 2.24) is 9.47 Å². The number of halogens is 1. The highest BCUT2D eigenvalue weighted by molar-refractivity contribution is 14.1. The molecular weight excluding hydrogens is 449 g/mol. The molecule has 1 aromatic rings. The monoisotopic (exact) mass is 486 g/mol. The molecule has 27 heavy (non-hydrogen) atoms. The fraction of sp³-hybridized carbons (Fsp3) is 0.818. The molecule has 1 aliphatic heterocycles. The molecule has 1 saturated heterocycles. The predicted octanol–water partition coefficient (Wildman–Crippen LogP) is 4.49. The van der Waals surface area contributed by atoms with Crippen molar-refractivity contribution < 1.29 is 9.36 Å². The topological polar surface area (TPSA) is 29.1 Å². The SMILES string of the molecule is C[n+]1ccn(CCCC(C)(C)C2(C)CC2(CC(C)(C)I)N2CCCC2=O)c1. The van der Waals surface area contributed by atoms with E-state index in [9.17, 15) is 4.79 Å². The van der Waals surface area contributed by atoms with Crippen LogP contribution in [0.2, 0.25) is 0 Å². The van der Waals surface area contributed by atoms with E-state index in [4.69, 9.17) is 0 Å². The first-order chi connectivity index (χ1) is 12.4. The maximum absolute atomic E-state index is 12.7. The Morgan fingerprint density at radius 2 is 2.00 bits per heavy atom. The minimum absolute atomic E-state index is 0.0503. The van der Waals surface area contributed by atoms with Gasteiger partial charge in [0.05, 0.1) is 19.1 Å². The number of aromatic nitrogens is 2. The van der Waals surface area contributed by atoms with Gasteiger partial charge in [-0.05, 0) is 42.9 Å². The Labute approximate surface area is 178 Å². The lowest BCUT2D eigenvalue weighted by Crippen LogP contribution is -2.48. The zero-order valence-corrected chi connectivity index (χ0v) is 20.2. The Balaban J connectivity index is 1.74. The summed E-state index contributed by atoms with van der Waals surface area (Å²) in [7, 11) is 2.07. The molecule has 0 radical (unpaired) electrons. The summed E-state index contributed by atoms with van der Waals surface area (Å²) in [5.74, 6) is 0.384. The van der Waals surface area contributed by atoms with E-state index in [1.807, 2.05) is 0 Å². The van der Waals surface area contributed by atoms with E-state index in [0.717, 1.165) is 38.8 Å². The summed E-state index contributed by atoms with van der Waals surface area (Å²) in [4.78, 5) is 15.0. The summed E-state index contributed by atoms with van der Waals surface area (Å²) >= 11 is 2.58. The summed E-state index contributed by atoms with van der Waals surface area (Å²) in [5, 5.41) is 0. The van der Waals surface area contributed by atoms with Gasteiger partial charge < -0.3 is 4.90 Å². The molecule has 0 N–H and O–H groups in total. The van der Waals surface area contributed by atoms with Crippen LogP contribution in [0.25, 0.3) is 0 Å². The molecular formula is C22H37IN3O+. The smallest absolute Gasteiger partial charge is 0.243 e. The first-order valence-electron chi connectivity index (χ1n) is 10.4. The minimum Gasteiger partial charge on any atom is -0.336 e. The Morgan fingerprint density at radius 1 is 1.30 bits per heavy atom. The highest BCUT2D eigenvalue weighted by Crippen LogP contribution is 2.72. The predicted molar refractivity (Wildman–Crippen MR) is 118 cm³/mol. The maximum Gasteiger partial charge on any atom is 0.243 e. The van der Waals surface area contributed by atoms with E-state index < -0.39 is 0 Å². The third kappa shape index (κ3) is 3.95. The van der Waals surface area contributed by atoms with Crippen LogP contribution in [-0.4, -0.2) is 30.9 Å². The molecule has 5 heteroatoms. The summed E-state index contributed by atoms with van der Waals surface area (Å²) in [6.45, 7) is 14.0. The van der Waals surface area contributed by atoms with Crippen molar-refractivity contribution >= 4 is 28.5 Å². The van der Waals surface area contributed by atoms with Gasteiger partial charge in [0.1, 0.15) is 12.4 Å². The van der Waals surface area contributed by atoms with Gasteiger partial charge in [-0.25, -0.2) is 9.13 Å². The van der Waals surface area contributed by atoms with Gasteiger partial charge in [-0.2, -0.15) is 0 Å². The number of carbonyl (C=O) groups is 1. The lowest BCUT2D eigenvalue weighted by Gasteiger charge is -2.43. The molecule has 152 valence electrons. The summed E-state index contributed by atoms with van der Waals surface area (Å²) in [6.07, 6.45) is 12.8. The van der Waals surface area contributed by atoms with E-state index in [1.165, 1.54) is 12.8 Å². The van der Waals surface area contributed by atoms with Crippen molar-refractivity contribution in [3.8, 4) is 0 Å². The second kappa shape index (κ2) is 7.03. The van der Waals surface area contributed by atoms with Gasteiger partial charge >= 0.3 is 0 Å². The number of hydrogen-bond acceptors (Lipinski definition) is 1. The second-order valence-corrected chi connectivity index (χ2v) is 13.3. The molecule has 2 aliphatic rings. The summed E-state index contributed by atoms with van der Waals surface area (Å²) < 4.78 is 4.57. The second-order valence-electron chi connectivity index (χ2n) is 10.4. The van der Waals surface area contributed by atoms with E-state index in [2.05, 4.69) is 97.0 Å². The number of aryl methyl sites for hydroxylation is 2.